The third-order valence-corrected chi connectivity index (χ3v) is 3.53. The molecular formula is C13H17NO4. The summed E-state index contributed by atoms with van der Waals surface area (Å²) in [6, 6.07) is 3.21. The maximum absolute atomic E-state index is 11.1. The number of carboxylic acid groups (broad SMARTS) is 1. The second-order valence-corrected chi connectivity index (χ2v) is 4.74. The fourth-order valence-electron chi connectivity index (χ4n) is 2.39. The molecule has 18 heavy (non-hydrogen) atoms. The Labute approximate surface area is 105 Å². The Kier molecular flexibility index (Phi) is 3.17. The van der Waals surface area contributed by atoms with Gasteiger partial charge < -0.3 is 20.3 Å². The van der Waals surface area contributed by atoms with E-state index in [1.807, 2.05) is 6.92 Å². The molecule has 5 heteroatoms. The minimum Gasteiger partial charge on any atom is -0.504 e. The lowest BCUT2D eigenvalue weighted by atomic mass is 9.89. The van der Waals surface area contributed by atoms with Crippen LogP contribution in [0.3, 0.4) is 0 Å². The van der Waals surface area contributed by atoms with Crippen molar-refractivity contribution in [1.82, 2.24) is 5.32 Å². The van der Waals surface area contributed by atoms with Crippen molar-refractivity contribution in [2.24, 2.45) is 0 Å². The van der Waals surface area contributed by atoms with Gasteiger partial charge in [-0.25, -0.2) is 4.79 Å². The van der Waals surface area contributed by atoms with Crippen molar-refractivity contribution in [3.05, 3.63) is 23.3 Å². The summed E-state index contributed by atoms with van der Waals surface area (Å²) in [7, 11) is 1.41. The van der Waals surface area contributed by atoms with Crippen LogP contribution >= 0.6 is 0 Å². The van der Waals surface area contributed by atoms with Gasteiger partial charge in [0.1, 0.15) is 5.56 Å². The van der Waals surface area contributed by atoms with E-state index in [4.69, 9.17) is 9.84 Å². The van der Waals surface area contributed by atoms with Crippen LogP contribution < -0.4 is 10.1 Å². The first-order valence-corrected chi connectivity index (χ1v) is 5.88. The molecule has 1 aromatic rings. The van der Waals surface area contributed by atoms with Crippen LogP contribution in [0.1, 0.15) is 35.7 Å². The summed E-state index contributed by atoms with van der Waals surface area (Å²) in [5.74, 6) is -1.29. The van der Waals surface area contributed by atoms with Crippen LogP contribution in [0, 0.1) is 0 Å². The van der Waals surface area contributed by atoms with Crippen LogP contribution in [0.25, 0.3) is 0 Å². The predicted molar refractivity (Wildman–Crippen MR) is 66.2 cm³/mol. The van der Waals surface area contributed by atoms with Gasteiger partial charge in [-0.1, -0.05) is 0 Å². The molecule has 3 N–H and O–H groups in total. The summed E-state index contributed by atoms with van der Waals surface area (Å²) >= 11 is 0. The van der Waals surface area contributed by atoms with Crippen molar-refractivity contribution >= 4 is 5.97 Å². The van der Waals surface area contributed by atoms with Crippen LogP contribution in [0.15, 0.2) is 12.1 Å². The molecule has 1 aliphatic rings. The van der Waals surface area contributed by atoms with Crippen molar-refractivity contribution in [2.45, 2.75) is 25.3 Å². The first-order chi connectivity index (χ1) is 8.48. The molecule has 1 saturated heterocycles. The summed E-state index contributed by atoms with van der Waals surface area (Å²) in [4.78, 5) is 11.1. The number of methoxy groups -OCH3 is 1. The highest BCUT2D eigenvalue weighted by Crippen LogP contribution is 2.38. The summed E-state index contributed by atoms with van der Waals surface area (Å²) < 4.78 is 5.04. The Balaban J connectivity index is 2.55. The molecular weight excluding hydrogens is 234 g/mol. The van der Waals surface area contributed by atoms with Crippen LogP contribution in [0.4, 0.5) is 0 Å². The lowest BCUT2D eigenvalue weighted by Crippen LogP contribution is -2.33. The molecule has 1 unspecified atom stereocenters. The number of hydrogen-bond acceptors (Lipinski definition) is 4. The van der Waals surface area contributed by atoms with Crippen LogP contribution in [-0.4, -0.2) is 29.8 Å². The number of carboxylic acids is 1. The van der Waals surface area contributed by atoms with Crippen LogP contribution in [0.5, 0.6) is 11.5 Å². The van der Waals surface area contributed by atoms with Gasteiger partial charge in [-0.3, -0.25) is 0 Å². The zero-order chi connectivity index (χ0) is 13.3. The van der Waals surface area contributed by atoms with Gasteiger partial charge in [0.05, 0.1) is 7.11 Å². The SMILES string of the molecule is COc1cc(C2(C)CCCN2)cc(C(=O)O)c1O. The van der Waals surface area contributed by atoms with Crippen molar-refractivity contribution < 1.29 is 19.7 Å². The minimum absolute atomic E-state index is 0.126. The number of benzene rings is 1. The highest BCUT2D eigenvalue weighted by molar-refractivity contribution is 5.92. The zero-order valence-electron chi connectivity index (χ0n) is 10.5. The van der Waals surface area contributed by atoms with Gasteiger partial charge in [0.25, 0.3) is 0 Å². The quantitative estimate of drug-likeness (QED) is 0.762. The van der Waals surface area contributed by atoms with Gasteiger partial charge in [0.2, 0.25) is 0 Å². The van der Waals surface area contributed by atoms with Crippen molar-refractivity contribution in [3.63, 3.8) is 0 Å². The molecule has 1 heterocycles. The number of nitrogens with one attached hydrogen (secondary N) is 1. The first-order valence-electron chi connectivity index (χ1n) is 5.88. The molecule has 98 valence electrons. The van der Waals surface area contributed by atoms with Crippen molar-refractivity contribution in [2.75, 3.05) is 13.7 Å². The third-order valence-electron chi connectivity index (χ3n) is 3.53. The number of aromatic hydroxyl groups is 1. The van der Waals surface area contributed by atoms with E-state index in [-0.39, 0.29) is 22.6 Å². The topological polar surface area (TPSA) is 78.8 Å². The van der Waals surface area contributed by atoms with Crippen molar-refractivity contribution in [1.29, 1.82) is 0 Å². The normalized spacial score (nSPS) is 23.0. The smallest absolute Gasteiger partial charge is 0.339 e. The van der Waals surface area contributed by atoms with Gasteiger partial charge >= 0.3 is 5.97 Å². The fraction of sp³-hybridized carbons (Fsp3) is 0.462. The number of phenols is 1. The van der Waals surface area contributed by atoms with Crippen LogP contribution in [0.2, 0.25) is 0 Å². The molecule has 2 rings (SSSR count). The largest absolute Gasteiger partial charge is 0.504 e. The fourth-order valence-corrected chi connectivity index (χ4v) is 2.39. The average molecular weight is 251 g/mol. The molecule has 0 bridgehead atoms. The van der Waals surface area contributed by atoms with Crippen LogP contribution in [-0.2, 0) is 5.54 Å². The highest BCUT2D eigenvalue weighted by Gasteiger charge is 2.32. The molecule has 0 aromatic heterocycles. The molecule has 0 spiro atoms. The number of aromatic carboxylic acids is 1. The monoisotopic (exact) mass is 251 g/mol. The van der Waals surface area contributed by atoms with Gasteiger partial charge in [-0.05, 0) is 44.0 Å². The first kappa shape index (κ1) is 12.7. The van der Waals surface area contributed by atoms with Gasteiger partial charge in [0, 0.05) is 5.54 Å². The van der Waals surface area contributed by atoms with E-state index in [2.05, 4.69) is 5.32 Å². The lowest BCUT2D eigenvalue weighted by Gasteiger charge is -2.26. The average Bonchev–Trinajstić information content (AvgIpc) is 2.77. The summed E-state index contributed by atoms with van der Waals surface area (Å²) in [5.41, 5.74) is 0.442. The lowest BCUT2D eigenvalue weighted by molar-refractivity contribution is 0.0692. The third kappa shape index (κ3) is 2.01. The highest BCUT2D eigenvalue weighted by atomic mass is 16.5. The van der Waals surface area contributed by atoms with E-state index in [1.165, 1.54) is 13.2 Å². The second kappa shape index (κ2) is 4.49. The number of rotatable bonds is 3. The maximum Gasteiger partial charge on any atom is 0.339 e. The molecule has 0 radical (unpaired) electrons. The summed E-state index contributed by atoms with van der Waals surface area (Å²) in [5, 5.41) is 22.2. The van der Waals surface area contributed by atoms with E-state index in [1.54, 1.807) is 6.07 Å². The molecule has 1 fully saturated rings. The maximum atomic E-state index is 11.1. The number of hydrogen-bond donors (Lipinski definition) is 3. The molecule has 0 aliphatic carbocycles. The molecule has 1 aliphatic heterocycles. The number of ether oxygens (including phenoxy) is 1. The Morgan fingerprint density at radius 3 is 2.72 bits per heavy atom. The van der Waals surface area contributed by atoms with E-state index in [9.17, 15) is 9.90 Å². The molecule has 0 amide bonds. The Hall–Kier alpha value is -1.75. The molecule has 0 saturated carbocycles. The summed E-state index contributed by atoms with van der Waals surface area (Å²) in [6.45, 7) is 2.93. The van der Waals surface area contributed by atoms with E-state index >= 15 is 0 Å². The molecule has 1 atom stereocenters. The Morgan fingerprint density at radius 2 is 2.22 bits per heavy atom. The van der Waals surface area contributed by atoms with E-state index in [0.717, 1.165) is 24.9 Å². The van der Waals surface area contributed by atoms with E-state index < -0.39 is 5.97 Å². The standard InChI is InChI=1S/C13H17NO4/c1-13(4-3-5-14-13)8-6-9(12(16)17)11(15)10(7-8)18-2/h6-7,14-15H,3-5H2,1-2H3,(H,16,17). The summed E-state index contributed by atoms with van der Waals surface area (Å²) in [6.07, 6.45) is 1.97. The van der Waals surface area contributed by atoms with Crippen molar-refractivity contribution in [3.8, 4) is 11.5 Å². The number of carbonyl (C=O) groups is 1. The predicted octanol–water partition coefficient (Wildman–Crippen LogP) is 1.70. The molecule has 1 aromatic carbocycles. The zero-order valence-corrected chi connectivity index (χ0v) is 10.5. The van der Waals surface area contributed by atoms with E-state index in [0.29, 0.717) is 0 Å². The van der Waals surface area contributed by atoms with Gasteiger partial charge in [-0.15, -0.1) is 0 Å². The molecule has 5 nitrogen and oxygen atoms in total. The minimum atomic E-state index is -1.16. The Bertz CT molecular complexity index is 478. The second-order valence-electron chi connectivity index (χ2n) is 4.74. The van der Waals surface area contributed by atoms with Gasteiger partial charge in [-0.2, -0.15) is 0 Å². The van der Waals surface area contributed by atoms with Gasteiger partial charge in [0.15, 0.2) is 11.5 Å². The Morgan fingerprint density at radius 1 is 1.50 bits per heavy atom.